The minimum absolute atomic E-state index is 0.0245. The topological polar surface area (TPSA) is 78.4 Å². The van der Waals surface area contributed by atoms with Gasteiger partial charge in [0, 0.05) is 12.1 Å². The number of nitrogens with zero attached hydrogens (tertiary/aromatic N) is 1. The molecule has 0 amide bonds. The summed E-state index contributed by atoms with van der Waals surface area (Å²) in [6.45, 7) is 1.82. The van der Waals surface area contributed by atoms with Crippen molar-refractivity contribution in [3.63, 3.8) is 0 Å². The molecule has 0 bridgehead atoms. The summed E-state index contributed by atoms with van der Waals surface area (Å²) in [5.41, 5.74) is 6.51. The Kier molecular flexibility index (Phi) is 2.78. The van der Waals surface area contributed by atoms with Gasteiger partial charge in [-0.2, -0.15) is 0 Å². The summed E-state index contributed by atoms with van der Waals surface area (Å²) in [6, 6.07) is 5.15. The first-order chi connectivity index (χ1) is 7.56. The largest absolute Gasteiger partial charge is 0.483 e. The fourth-order valence-electron chi connectivity index (χ4n) is 1.75. The van der Waals surface area contributed by atoms with E-state index >= 15 is 0 Å². The monoisotopic (exact) mass is 222 g/mol. The van der Waals surface area contributed by atoms with E-state index in [0.29, 0.717) is 5.75 Å². The third-order valence-electron chi connectivity index (χ3n) is 2.74. The zero-order valence-corrected chi connectivity index (χ0v) is 9.05. The van der Waals surface area contributed by atoms with Gasteiger partial charge in [0.25, 0.3) is 0 Å². The Morgan fingerprint density at radius 1 is 1.50 bits per heavy atom. The molecule has 5 heteroatoms. The third-order valence-corrected chi connectivity index (χ3v) is 2.74. The van der Waals surface area contributed by atoms with Crippen molar-refractivity contribution in [2.24, 2.45) is 5.73 Å². The van der Waals surface area contributed by atoms with Crippen LogP contribution in [0.25, 0.3) is 0 Å². The molecule has 86 valence electrons. The number of benzene rings is 1. The van der Waals surface area contributed by atoms with Gasteiger partial charge in [0.2, 0.25) is 0 Å². The zero-order chi connectivity index (χ0) is 11.7. The van der Waals surface area contributed by atoms with Gasteiger partial charge in [0.15, 0.2) is 5.75 Å². The van der Waals surface area contributed by atoms with Gasteiger partial charge in [-0.05, 0) is 31.4 Å². The van der Waals surface area contributed by atoms with Crippen LogP contribution in [0, 0.1) is 17.0 Å². The number of nitro groups is 1. The van der Waals surface area contributed by atoms with Crippen molar-refractivity contribution >= 4 is 5.69 Å². The quantitative estimate of drug-likeness (QED) is 0.624. The maximum Gasteiger partial charge on any atom is 0.311 e. The lowest BCUT2D eigenvalue weighted by Crippen LogP contribution is -2.43. The molecule has 2 rings (SSSR count). The second-order valence-electron chi connectivity index (χ2n) is 4.20. The number of rotatable bonds is 3. The molecular weight excluding hydrogens is 208 g/mol. The fraction of sp³-hybridized carbons (Fsp3) is 0.455. The normalized spacial score (nSPS) is 23.6. The molecule has 0 radical (unpaired) electrons. The molecule has 0 aliphatic heterocycles. The van der Waals surface area contributed by atoms with Gasteiger partial charge in [-0.1, -0.05) is 6.07 Å². The Morgan fingerprint density at radius 3 is 2.75 bits per heavy atom. The van der Waals surface area contributed by atoms with Crippen LogP contribution in [0.15, 0.2) is 18.2 Å². The van der Waals surface area contributed by atoms with E-state index in [9.17, 15) is 10.1 Å². The highest BCUT2D eigenvalue weighted by molar-refractivity contribution is 5.48. The lowest BCUT2D eigenvalue weighted by molar-refractivity contribution is -0.386. The first kappa shape index (κ1) is 10.9. The Morgan fingerprint density at radius 2 is 2.19 bits per heavy atom. The molecule has 16 heavy (non-hydrogen) atoms. The molecule has 1 aromatic carbocycles. The van der Waals surface area contributed by atoms with Crippen molar-refractivity contribution in [3.05, 3.63) is 33.9 Å². The lowest BCUT2D eigenvalue weighted by Gasteiger charge is -2.32. The van der Waals surface area contributed by atoms with Crippen molar-refractivity contribution < 1.29 is 9.66 Å². The van der Waals surface area contributed by atoms with Crippen molar-refractivity contribution in [1.29, 1.82) is 0 Å². The molecule has 1 aromatic rings. The summed E-state index contributed by atoms with van der Waals surface area (Å²) in [4.78, 5) is 10.4. The summed E-state index contributed by atoms with van der Waals surface area (Å²) in [6.07, 6.45) is 1.56. The molecule has 1 aliphatic rings. The maximum atomic E-state index is 10.8. The van der Waals surface area contributed by atoms with Crippen molar-refractivity contribution in [2.75, 3.05) is 0 Å². The predicted molar refractivity (Wildman–Crippen MR) is 59.5 cm³/mol. The molecule has 0 aromatic heterocycles. The standard InChI is InChI=1S/C11H14N2O3/c1-7-2-3-11(10(4-7)13(14)15)16-9-5-8(12)6-9/h2-4,8-9H,5-6,12H2,1H3. The smallest absolute Gasteiger partial charge is 0.311 e. The Balaban J connectivity index is 2.16. The van der Waals surface area contributed by atoms with Crippen LogP contribution in [0.2, 0.25) is 0 Å². The van der Waals surface area contributed by atoms with Gasteiger partial charge >= 0.3 is 5.69 Å². The molecule has 0 spiro atoms. The molecule has 1 fully saturated rings. The second-order valence-corrected chi connectivity index (χ2v) is 4.20. The van der Waals surface area contributed by atoms with Gasteiger partial charge in [0.05, 0.1) is 4.92 Å². The van der Waals surface area contributed by atoms with Crippen LogP contribution in [-0.2, 0) is 0 Å². The molecule has 0 heterocycles. The number of aryl methyl sites for hydroxylation is 1. The van der Waals surface area contributed by atoms with E-state index in [1.165, 1.54) is 6.07 Å². The summed E-state index contributed by atoms with van der Waals surface area (Å²) in [5, 5.41) is 10.8. The van der Waals surface area contributed by atoms with E-state index in [1.54, 1.807) is 12.1 Å². The third kappa shape index (κ3) is 2.14. The van der Waals surface area contributed by atoms with E-state index in [-0.39, 0.29) is 17.8 Å². The Labute approximate surface area is 93.4 Å². The average molecular weight is 222 g/mol. The average Bonchev–Trinajstić information content (AvgIpc) is 2.17. The van der Waals surface area contributed by atoms with Crippen LogP contribution in [0.4, 0.5) is 5.69 Å². The summed E-state index contributed by atoms with van der Waals surface area (Å²) < 4.78 is 5.55. The lowest BCUT2D eigenvalue weighted by atomic mass is 9.90. The van der Waals surface area contributed by atoms with Crippen LogP contribution in [0.3, 0.4) is 0 Å². The molecule has 0 unspecified atom stereocenters. The number of hydrogen-bond donors (Lipinski definition) is 1. The highest BCUT2D eigenvalue weighted by Crippen LogP contribution is 2.32. The van der Waals surface area contributed by atoms with Crippen LogP contribution in [0.1, 0.15) is 18.4 Å². The highest BCUT2D eigenvalue weighted by atomic mass is 16.6. The molecule has 0 saturated heterocycles. The maximum absolute atomic E-state index is 10.8. The van der Waals surface area contributed by atoms with E-state index in [4.69, 9.17) is 10.5 Å². The van der Waals surface area contributed by atoms with Gasteiger partial charge in [-0.3, -0.25) is 10.1 Å². The molecule has 2 N–H and O–H groups in total. The van der Waals surface area contributed by atoms with Crippen molar-refractivity contribution in [2.45, 2.75) is 31.9 Å². The molecular formula is C11H14N2O3. The summed E-state index contributed by atoms with van der Waals surface area (Å²) in [7, 11) is 0. The van der Waals surface area contributed by atoms with E-state index in [2.05, 4.69) is 0 Å². The van der Waals surface area contributed by atoms with Gasteiger partial charge in [0.1, 0.15) is 6.10 Å². The zero-order valence-electron chi connectivity index (χ0n) is 9.05. The van der Waals surface area contributed by atoms with Crippen LogP contribution in [0.5, 0.6) is 5.75 Å². The second kappa shape index (κ2) is 4.09. The Bertz CT molecular complexity index is 414. The number of nitrogens with two attached hydrogens (primary N) is 1. The van der Waals surface area contributed by atoms with Gasteiger partial charge < -0.3 is 10.5 Å². The SMILES string of the molecule is Cc1ccc(OC2CC(N)C2)c([N+](=O)[O-])c1. The molecule has 5 nitrogen and oxygen atoms in total. The van der Waals surface area contributed by atoms with E-state index < -0.39 is 4.92 Å². The van der Waals surface area contributed by atoms with Crippen molar-refractivity contribution in [3.8, 4) is 5.75 Å². The predicted octanol–water partition coefficient (Wildman–Crippen LogP) is 1.77. The minimum Gasteiger partial charge on any atom is -0.483 e. The van der Waals surface area contributed by atoms with Crippen molar-refractivity contribution in [1.82, 2.24) is 0 Å². The fourth-order valence-corrected chi connectivity index (χ4v) is 1.75. The molecule has 1 saturated carbocycles. The Hall–Kier alpha value is -1.62. The molecule has 0 atom stereocenters. The van der Waals surface area contributed by atoms with Crippen LogP contribution < -0.4 is 10.5 Å². The minimum atomic E-state index is -0.416. The summed E-state index contributed by atoms with van der Waals surface area (Å²) >= 11 is 0. The van der Waals surface area contributed by atoms with E-state index in [1.807, 2.05) is 6.92 Å². The number of hydrogen-bond acceptors (Lipinski definition) is 4. The number of nitro benzene ring substituents is 1. The van der Waals surface area contributed by atoms with Crippen LogP contribution >= 0.6 is 0 Å². The number of ether oxygens (including phenoxy) is 1. The van der Waals surface area contributed by atoms with Crippen LogP contribution in [-0.4, -0.2) is 17.1 Å². The van der Waals surface area contributed by atoms with Gasteiger partial charge in [-0.25, -0.2) is 0 Å². The van der Waals surface area contributed by atoms with Gasteiger partial charge in [-0.15, -0.1) is 0 Å². The van der Waals surface area contributed by atoms with E-state index in [0.717, 1.165) is 18.4 Å². The first-order valence-electron chi connectivity index (χ1n) is 5.23. The highest BCUT2D eigenvalue weighted by Gasteiger charge is 2.29. The summed E-state index contributed by atoms with van der Waals surface area (Å²) in [5.74, 6) is 0.340. The first-order valence-corrected chi connectivity index (χ1v) is 5.23. The molecule has 1 aliphatic carbocycles.